The molecule has 1 aliphatic rings. The first-order valence-electron chi connectivity index (χ1n) is 8.10. The molecule has 0 radical (unpaired) electrons. The van der Waals surface area contributed by atoms with E-state index in [0.717, 1.165) is 22.6 Å². The fourth-order valence-electron chi connectivity index (χ4n) is 2.80. The molecule has 0 fully saturated rings. The number of halogens is 1. The Morgan fingerprint density at radius 3 is 2.96 bits per heavy atom. The van der Waals surface area contributed by atoms with Gasteiger partial charge < -0.3 is 10.2 Å². The smallest absolute Gasteiger partial charge is 0.246 e. The fourth-order valence-corrected chi connectivity index (χ4v) is 3.91. The molecule has 1 N–H and O–H groups in total. The molecular formula is C19H21FN2OS. The van der Waals surface area contributed by atoms with Crippen molar-refractivity contribution in [1.29, 1.82) is 0 Å². The van der Waals surface area contributed by atoms with Crippen LogP contribution in [0.25, 0.3) is 0 Å². The van der Waals surface area contributed by atoms with Crippen LogP contribution in [0.15, 0.2) is 47.4 Å². The van der Waals surface area contributed by atoms with E-state index in [2.05, 4.69) is 18.3 Å². The molecule has 1 heterocycles. The minimum Gasteiger partial charge on any atom is -0.376 e. The Hall–Kier alpha value is -2.01. The average Bonchev–Trinajstić information content (AvgIpc) is 2.73. The van der Waals surface area contributed by atoms with Gasteiger partial charge in [-0.3, -0.25) is 4.79 Å². The van der Waals surface area contributed by atoms with Crippen LogP contribution in [0, 0.1) is 12.7 Å². The van der Waals surface area contributed by atoms with Crippen LogP contribution in [0.5, 0.6) is 0 Å². The second-order valence-electron chi connectivity index (χ2n) is 6.04. The highest BCUT2D eigenvalue weighted by atomic mass is 32.2. The highest BCUT2D eigenvalue weighted by Crippen LogP contribution is 2.37. The van der Waals surface area contributed by atoms with Gasteiger partial charge in [-0.2, -0.15) is 0 Å². The van der Waals surface area contributed by atoms with E-state index in [4.69, 9.17) is 0 Å². The zero-order chi connectivity index (χ0) is 17.1. The van der Waals surface area contributed by atoms with Crippen LogP contribution >= 0.6 is 11.8 Å². The molecule has 1 amide bonds. The molecule has 5 heteroatoms. The summed E-state index contributed by atoms with van der Waals surface area (Å²) in [4.78, 5) is 15.7. The number of thioether (sulfide) groups is 1. The lowest BCUT2D eigenvalue weighted by atomic mass is 10.2. The molecule has 2 aromatic carbocycles. The number of carbonyl (C=O) groups excluding carboxylic acids is 1. The van der Waals surface area contributed by atoms with Crippen LogP contribution in [0.3, 0.4) is 0 Å². The average molecular weight is 344 g/mol. The molecule has 3 nitrogen and oxygen atoms in total. The van der Waals surface area contributed by atoms with Gasteiger partial charge in [-0.05, 0) is 43.2 Å². The summed E-state index contributed by atoms with van der Waals surface area (Å²) in [7, 11) is 0. The molecule has 24 heavy (non-hydrogen) atoms. The Bertz CT molecular complexity index is 750. The fraction of sp³-hybridized carbons (Fsp3) is 0.316. The van der Waals surface area contributed by atoms with Crippen molar-refractivity contribution in [3.63, 3.8) is 0 Å². The first-order valence-corrected chi connectivity index (χ1v) is 8.98. The van der Waals surface area contributed by atoms with Gasteiger partial charge in [-0.1, -0.05) is 25.1 Å². The van der Waals surface area contributed by atoms with Crippen LogP contribution in [0.4, 0.5) is 15.8 Å². The molecule has 1 atom stereocenters. The molecule has 0 aromatic heterocycles. The Morgan fingerprint density at radius 1 is 1.33 bits per heavy atom. The number of rotatable bonds is 3. The number of para-hydroxylation sites is 1. The van der Waals surface area contributed by atoms with Gasteiger partial charge in [0, 0.05) is 22.4 Å². The largest absolute Gasteiger partial charge is 0.376 e. The molecule has 3 rings (SSSR count). The quantitative estimate of drug-likeness (QED) is 0.892. The topological polar surface area (TPSA) is 32.3 Å². The molecule has 0 aliphatic carbocycles. The molecular weight excluding hydrogens is 323 g/mol. The molecule has 0 saturated carbocycles. The summed E-state index contributed by atoms with van der Waals surface area (Å²) in [5, 5.41) is 3.55. The predicted molar refractivity (Wildman–Crippen MR) is 98.4 cm³/mol. The van der Waals surface area contributed by atoms with Gasteiger partial charge in [0.2, 0.25) is 5.91 Å². The van der Waals surface area contributed by atoms with Gasteiger partial charge in [0.15, 0.2) is 0 Å². The van der Waals surface area contributed by atoms with E-state index in [1.54, 1.807) is 6.07 Å². The number of benzene rings is 2. The number of nitrogens with one attached hydrogen (secondary N) is 1. The van der Waals surface area contributed by atoms with Gasteiger partial charge in [0.25, 0.3) is 0 Å². The van der Waals surface area contributed by atoms with Crippen LogP contribution < -0.4 is 10.2 Å². The zero-order valence-corrected chi connectivity index (χ0v) is 14.7. The minimum atomic E-state index is -0.305. The first-order chi connectivity index (χ1) is 11.5. The molecule has 2 aromatic rings. The molecule has 1 aliphatic heterocycles. The van der Waals surface area contributed by atoms with Crippen molar-refractivity contribution >= 4 is 29.0 Å². The number of hydrogen-bond acceptors (Lipinski definition) is 3. The van der Waals surface area contributed by atoms with E-state index in [0.29, 0.717) is 17.5 Å². The summed E-state index contributed by atoms with van der Waals surface area (Å²) in [6.07, 6.45) is 0.948. The standard InChI is InChI=1S/C19H21FN2OS/c1-13-7-8-15(20)11-16(13)21-12-19(23)22-10-9-14(2)24-18-6-4-3-5-17(18)22/h3-8,11,14,21H,9-10,12H2,1-2H3/t14-/m0/s1. The number of fused-ring (bicyclic) bond motifs is 1. The molecule has 0 unspecified atom stereocenters. The maximum Gasteiger partial charge on any atom is 0.246 e. The first kappa shape index (κ1) is 16.8. The van der Waals surface area contributed by atoms with Crippen molar-refractivity contribution in [1.82, 2.24) is 0 Å². The third-order valence-electron chi connectivity index (χ3n) is 4.17. The maximum absolute atomic E-state index is 13.4. The van der Waals surface area contributed by atoms with E-state index < -0.39 is 0 Å². The summed E-state index contributed by atoms with van der Waals surface area (Å²) in [5.74, 6) is -0.304. The summed E-state index contributed by atoms with van der Waals surface area (Å²) in [5.41, 5.74) is 2.55. The number of amides is 1. The van der Waals surface area contributed by atoms with Gasteiger partial charge in [0.1, 0.15) is 5.82 Å². The summed E-state index contributed by atoms with van der Waals surface area (Å²) in [6.45, 7) is 4.93. The van der Waals surface area contributed by atoms with Crippen molar-refractivity contribution in [3.8, 4) is 0 Å². The number of hydrogen-bond donors (Lipinski definition) is 1. The number of nitrogens with zero attached hydrogens (tertiary/aromatic N) is 1. The molecule has 0 bridgehead atoms. The van der Waals surface area contributed by atoms with Crippen LogP contribution in [0.1, 0.15) is 18.9 Å². The monoisotopic (exact) mass is 344 g/mol. The zero-order valence-electron chi connectivity index (χ0n) is 13.9. The van der Waals surface area contributed by atoms with Crippen molar-refractivity contribution in [2.75, 3.05) is 23.3 Å². The van der Waals surface area contributed by atoms with E-state index in [9.17, 15) is 9.18 Å². The lowest BCUT2D eigenvalue weighted by Gasteiger charge is -2.23. The lowest BCUT2D eigenvalue weighted by molar-refractivity contribution is -0.117. The van der Waals surface area contributed by atoms with Gasteiger partial charge in [-0.25, -0.2) is 4.39 Å². The summed E-state index contributed by atoms with van der Waals surface area (Å²) >= 11 is 1.81. The van der Waals surface area contributed by atoms with Crippen LogP contribution in [0.2, 0.25) is 0 Å². The number of anilines is 2. The van der Waals surface area contributed by atoms with Crippen LogP contribution in [-0.2, 0) is 4.79 Å². The maximum atomic E-state index is 13.4. The van der Waals surface area contributed by atoms with E-state index in [-0.39, 0.29) is 18.3 Å². The van der Waals surface area contributed by atoms with Crippen LogP contribution in [-0.4, -0.2) is 24.2 Å². The Labute approximate surface area is 146 Å². The molecule has 126 valence electrons. The summed E-state index contributed by atoms with van der Waals surface area (Å²) in [6, 6.07) is 12.6. The van der Waals surface area contributed by atoms with Gasteiger partial charge in [0.05, 0.1) is 12.2 Å². The highest BCUT2D eigenvalue weighted by molar-refractivity contribution is 8.00. The van der Waals surface area contributed by atoms with Crippen molar-refractivity contribution < 1.29 is 9.18 Å². The molecule has 0 spiro atoms. The normalized spacial score (nSPS) is 17.1. The Morgan fingerprint density at radius 2 is 2.12 bits per heavy atom. The third kappa shape index (κ3) is 3.73. The summed E-state index contributed by atoms with van der Waals surface area (Å²) < 4.78 is 13.4. The third-order valence-corrected chi connectivity index (χ3v) is 5.41. The van der Waals surface area contributed by atoms with Gasteiger partial charge >= 0.3 is 0 Å². The van der Waals surface area contributed by atoms with Gasteiger partial charge in [-0.15, -0.1) is 11.8 Å². The number of carbonyl (C=O) groups is 1. The Balaban J connectivity index is 1.76. The Kier molecular flexibility index (Phi) is 5.09. The van der Waals surface area contributed by atoms with Crippen molar-refractivity contribution in [2.45, 2.75) is 30.4 Å². The minimum absolute atomic E-state index is 0.000751. The number of aryl methyl sites for hydroxylation is 1. The second kappa shape index (κ2) is 7.26. The SMILES string of the molecule is Cc1ccc(F)cc1NCC(=O)N1CC[C@H](C)Sc2ccccc21. The van der Waals surface area contributed by atoms with E-state index in [1.807, 2.05) is 41.8 Å². The lowest BCUT2D eigenvalue weighted by Crippen LogP contribution is -2.36. The predicted octanol–water partition coefficient (Wildman–Crippen LogP) is 4.46. The second-order valence-corrected chi connectivity index (χ2v) is 7.52. The molecule has 0 saturated heterocycles. The highest BCUT2D eigenvalue weighted by Gasteiger charge is 2.23. The van der Waals surface area contributed by atoms with Crippen molar-refractivity contribution in [2.24, 2.45) is 0 Å². The van der Waals surface area contributed by atoms with E-state index >= 15 is 0 Å². The van der Waals surface area contributed by atoms with E-state index in [1.165, 1.54) is 12.1 Å². The van der Waals surface area contributed by atoms with Crippen molar-refractivity contribution in [3.05, 3.63) is 53.8 Å².